The van der Waals surface area contributed by atoms with Gasteiger partial charge < -0.3 is 14.6 Å². The van der Waals surface area contributed by atoms with E-state index in [0.29, 0.717) is 37.2 Å². The Morgan fingerprint density at radius 3 is 3.00 bits per heavy atom. The second-order valence-electron chi connectivity index (χ2n) is 5.51. The topological polar surface area (TPSA) is 88.2 Å². The van der Waals surface area contributed by atoms with Crippen molar-refractivity contribution in [2.75, 3.05) is 13.1 Å². The predicted octanol–water partition coefficient (Wildman–Crippen LogP) is 1.16. The van der Waals surface area contributed by atoms with Crippen molar-refractivity contribution in [2.45, 2.75) is 25.9 Å². The van der Waals surface area contributed by atoms with Crippen LogP contribution < -0.4 is 10.3 Å². The molecule has 0 unspecified atom stereocenters. The molecule has 0 aromatic carbocycles. The maximum absolute atomic E-state index is 14.1. The molecule has 126 valence electrons. The minimum absolute atomic E-state index is 0.0785. The lowest BCUT2D eigenvalue weighted by atomic mass is 10.2. The Kier molecular flexibility index (Phi) is 4.54. The summed E-state index contributed by atoms with van der Waals surface area (Å²) in [5, 5.41) is 0. The Hall–Kier alpha value is -2.77. The number of carbonyl (C=O) groups excluding carboxylic acids is 1. The number of ether oxygens (including phenoxy) is 1. The molecule has 3 heterocycles. The van der Waals surface area contributed by atoms with Gasteiger partial charge in [0.2, 0.25) is 11.4 Å². The second-order valence-corrected chi connectivity index (χ2v) is 5.51. The van der Waals surface area contributed by atoms with Gasteiger partial charge in [0.25, 0.3) is 11.8 Å². The maximum atomic E-state index is 14.1. The molecule has 1 aliphatic heterocycles. The standard InChI is InChI=1S/C16H17FN4O3/c1-2-12-14(17)15(20-9-19-12)24-11-5-6-21(8-11)16(23)10-3-4-13(22)18-7-10/h3-4,7,9,11H,2,5-6,8H2,1H3,(H,18,22)/t11-/m0/s1. The van der Waals surface area contributed by atoms with Gasteiger partial charge >= 0.3 is 0 Å². The third kappa shape index (κ3) is 3.27. The van der Waals surface area contributed by atoms with Crippen molar-refractivity contribution < 1.29 is 13.9 Å². The van der Waals surface area contributed by atoms with E-state index in [1.54, 1.807) is 11.8 Å². The van der Waals surface area contributed by atoms with Crippen molar-refractivity contribution >= 4 is 5.91 Å². The number of halogens is 1. The fourth-order valence-corrected chi connectivity index (χ4v) is 2.61. The highest BCUT2D eigenvalue weighted by molar-refractivity contribution is 5.94. The number of hydrogen-bond donors (Lipinski definition) is 1. The first kappa shape index (κ1) is 16.1. The molecule has 8 heteroatoms. The van der Waals surface area contributed by atoms with Gasteiger partial charge in [-0.2, -0.15) is 9.37 Å². The van der Waals surface area contributed by atoms with Crippen molar-refractivity contribution in [1.82, 2.24) is 19.9 Å². The molecule has 0 radical (unpaired) electrons. The summed E-state index contributed by atoms with van der Waals surface area (Å²) in [5.41, 5.74) is 0.441. The molecule has 1 atom stereocenters. The van der Waals surface area contributed by atoms with E-state index >= 15 is 0 Å². The van der Waals surface area contributed by atoms with Crippen molar-refractivity contribution in [3.63, 3.8) is 0 Å². The molecule has 2 aromatic heterocycles. The van der Waals surface area contributed by atoms with Crippen molar-refractivity contribution in [3.8, 4) is 5.88 Å². The third-order valence-corrected chi connectivity index (χ3v) is 3.91. The summed E-state index contributed by atoms with van der Waals surface area (Å²) in [5.74, 6) is -0.828. The van der Waals surface area contributed by atoms with E-state index in [2.05, 4.69) is 15.0 Å². The monoisotopic (exact) mass is 332 g/mol. The Balaban J connectivity index is 1.66. The molecule has 24 heavy (non-hydrogen) atoms. The van der Waals surface area contributed by atoms with Crippen LogP contribution in [-0.4, -0.2) is 45.0 Å². The normalized spacial score (nSPS) is 17.1. The van der Waals surface area contributed by atoms with Gasteiger partial charge in [0.15, 0.2) is 0 Å². The minimum atomic E-state index is -0.551. The lowest BCUT2D eigenvalue weighted by Gasteiger charge is -2.17. The zero-order valence-corrected chi connectivity index (χ0v) is 13.2. The van der Waals surface area contributed by atoms with Crippen LogP contribution in [0.3, 0.4) is 0 Å². The fraction of sp³-hybridized carbons (Fsp3) is 0.375. The summed E-state index contributed by atoms with van der Waals surface area (Å²) >= 11 is 0. The summed E-state index contributed by atoms with van der Waals surface area (Å²) in [7, 11) is 0. The summed E-state index contributed by atoms with van der Waals surface area (Å²) < 4.78 is 19.7. The molecule has 7 nitrogen and oxygen atoms in total. The molecule has 1 saturated heterocycles. The first-order valence-electron chi connectivity index (χ1n) is 7.72. The van der Waals surface area contributed by atoms with E-state index in [1.807, 2.05) is 0 Å². The largest absolute Gasteiger partial charge is 0.470 e. The highest BCUT2D eigenvalue weighted by Crippen LogP contribution is 2.21. The number of likely N-dealkylation sites (tertiary alicyclic amines) is 1. The highest BCUT2D eigenvalue weighted by Gasteiger charge is 2.29. The molecule has 1 fully saturated rings. The lowest BCUT2D eigenvalue weighted by molar-refractivity contribution is 0.0769. The Morgan fingerprint density at radius 1 is 1.46 bits per heavy atom. The Labute approximate surface area is 137 Å². The van der Waals surface area contributed by atoms with Crippen molar-refractivity contribution in [2.24, 2.45) is 0 Å². The Bertz CT molecular complexity index is 788. The van der Waals surface area contributed by atoms with Gasteiger partial charge in [-0.25, -0.2) is 4.98 Å². The summed E-state index contributed by atoms with van der Waals surface area (Å²) in [4.78, 5) is 35.2. The molecular formula is C16H17FN4O3. The minimum Gasteiger partial charge on any atom is -0.470 e. The van der Waals surface area contributed by atoms with Crippen LogP contribution in [0.5, 0.6) is 5.88 Å². The maximum Gasteiger partial charge on any atom is 0.255 e. The first-order chi connectivity index (χ1) is 11.6. The van der Waals surface area contributed by atoms with Crippen LogP contribution >= 0.6 is 0 Å². The van der Waals surface area contributed by atoms with Gasteiger partial charge in [0, 0.05) is 25.2 Å². The van der Waals surface area contributed by atoms with Crippen LogP contribution in [0.1, 0.15) is 29.4 Å². The average Bonchev–Trinajstić information content (AvgIpc) is 3.05. The van der Waals surface area contributed by atoms with Gasteiger partial charge in [-0.3, -0.25) is 9.59 Å². The molecule has 1 N–H and O–H groups in total. The third-order valence-electron chi connectivity index (χ3n) is 3.91. The van der Waals surface area contributed by atoms with Crippen LogP contribution in [-0.2, 0) is 6.42 Å². The molecule has 0 saturated carbocycles. The van der Waals surface area contributed by atoms with Crippen LogP contribution in [0.15, 0.2) is 29.5 Å². The number of amides is 1. The number of aromatic amines is 1. The number of H-pyrrole nitrogens is 1. The van der Waals surface area contributed by atoms with Gasteiger partial charge in [0.05, 0.1) is 17.8 Å². The van der Waals surface area contributed by atoms with Crippen LogP contribution in [0.25, 0.3) is 0 Å². The Morgan fingerprint density at radius 2 is 2.29 bits per heavy atom. The number of carbonyl (C=O) groups is 1. The van der Waals surface area contributed by atoms with Crippen LogP contribution in [0, 0.1) is 5.82 Å². The zero-order chi connectivity index (χ0) is 17.1. The smallest absolute Gasteiger partial charge is 0.255 e. The van der Waals surface area contributed by atoms with E-state index in [9.17, 15) is 14.0 Å². The number of nitrogens with zero attached hydrogens (tertiary/aromatic N) is 3. The molecule has 0 aliphatic carbocycles. The molecule has 1 aliphatic rings. The molecule has 2 aromatic rings. The first-order valence-corrected chi connectivity index (χ1v) is 7.72. The number of nitrogens with one attached hydrogen (secondary N) is 1. The number of rotatable bonds is 4. The molecule has 3 rings (SSSR count). The molecule has 1 amide bonds. The van der Waals surface area contributed by atoms with Gasteiger partial charge in [-0.15, -0.1) is 0 Å². The van der Waals surface area contributed by atoms with Crippen molar-refractivity contribution in [3.05, 3.63) is 52.1 Å². The average molecular weight is 332 g/mol. The second kappa shape index (κ2) is 6.77. The van der Waals surface area contributed by atoms with Crippen LogP contribution in [0.4, 0.5) is 4.39 Å². The number of hydrogen-bond acceptors (Lipinski definition) is 5. The summed E-state index contributed by atoms with van der Waals surface area (Å²) in [6.45, 7) is 2.63. The van der Waals surface area contributed by atoms with Gasteiger partial charge in [-0.05, 0) is 12.5 Å². The number of pyridine rings is 1. The van der Waals surface area contributed by atoms with Gasteiger partial charge in [-0.1, -0.05) is 6.92 Å². The number of aryl methyl sites for hydroxylation is 1. The van der Waals surface area contributed by atoms with Crippen molar-refractivity contribution in [1.29, 1.82) is 0 Å². The highest BCUT2D eigenvalue weighted by atomic mass is 19.1. The molecule has 0 bridgehead atoms. The van der Waals surface area contributed by atoms with E-state index in [0.717, 1.165) is 0 Å². The van der Waals surface area contributed by atoms with E-state index < -0.39 is 5.82 Å². The number of aromatic nitrogens is 3. The van der Waals surface area contributed by atoms with Crippen LogP contribution in [0.2, 0.25) is 0 Å². The molecular weight excluding hydrogens is 315 g/mol. The lowest BCUT2D eigenvalue weighted by Crippen LogP contribution is -2.31. The van der Waals surface area contributed by atoms with E-state index in [4.69, 9.17) is 4.74 Å². The SMILES string of the molecule is CCc1ncnc(O[C@H]2CCN(C(=O)c3ccc(=O)[nH]c3)C2)c1F. The van der Waals surface area contributed by atoms with E-state index in [1.165, 1.54) is 24.7 Å². The van der Waals surface area contributed by atoms with E-state index in [-0.39, 0.29) is 23.5 Å². The summed E-state index contributed by atoms with van der Waals surface area (Å²) in [6, 6.07) is 2.78. The summed E-state index contributed by atoms with van der Waals surface area (Å²) in [6.07, 6.45) is 3.36. The van der Waals surface area contributed by atoms with Gasteiger partial charge in [0.1, 0.15) is 12.4 Å². The fourth-order valence-electron chi connectivity index (χ4n) is 2.61. The predicted molar refractivity (Wildman–Crippen MR) is 83.4 cm³/mol. The molecule has 0 spiro atoms. The zero-order valence-electron chi connectivity index (χ0n) is 13.2. The quantitative estimate of drug-likeness (QED) is 0.908.